The van der Waals surface area contributed by atoms with Gasteiger partial charge in [-0.15, -0.1) is 0 Å². The van der Waals surface area contributed by atoms with Gasteiger partial charge < -0.3 is 14.7 Å². The van der Waals surface area contributed by atoms with Crippen molar-refractivity contribution in [3.05, 3.63) is 23.6 Å². The Kier molecular flexibility index (Phi) is 3.23. The number of hydrogen-bond donors (Lipinski definition) is 1. The topological polar surface area (TPSA) is 62.7 Å². The molecule has 0 radical (unpaired) electrons. The second kappa shape index (κ2) is 4.67. The van der Waals surface area contributed by atoms with Crippen molar-refractivity contribution in [3.63, 3.8) is 0 Å². The molecule has 17 heavy (non-hydrogen) atoms. The van der Waals surface area contributed by atoms with Gasteiger partial charge in [-0.05, 0) is 12.5 Å². The zero-order valence-corrected chi connectivity index (χ0v) is 9.39. The van der Waals surface area contributed by atoms with Crippen molar-refractivity contribution in [1.82, 2.24) is 4.98 Å². The van der Waals surface area contributed by atoms with E-state index in [1.165, 1.54) is 0 Å². The maximum absolute atomic E-state index is 13.0. The van der Waals surface area contributed by atoms with Crippen molar-refractivity contribution >= 4 is 11.8 Å². The summed E-state index contributed by atoms with van der Waals surface area (Å²) in [6.07, 6.45) is 1.92. The Labute approximate surface area is 97.8 Å². The van der Waals surface area contributed by atoms with E-state index in [-0.39, 0.29) is 11.7 Å². The zero-order chi connectivity index (χ0) is 12.4. The van der Waals surface area contributed by atoms with Gasteiger partial charge in [0.15, 0.2) is 0 Å². The number of ether oxygens (including phenoxy) is 1. The average molecular weight is 240 g/mol. The third-order valence-corrected chi connectivity index (χ3v) is 2.84. The highest BCUT2D eigenvalue weighted by molar-refractivity contribution is 5.93. The maximum atomic E-state index is 13.0. The minimum atomic E-state index is -1.17. The summed E-state index contributed by atoms with van der Waals surface area (Å²) < 4.78 is 18.2. The number of carboxylic acids is 1. The van der Waals surface area contributed by atoms with Gasteiger partial charge in [-0.3, -0.25) is 0 Å². The highest BCUT2D eigenvalue weighted by Crippen LogP contribution is 2.23. The lowest BCUT2D eigenvalue weighted by molar-refractivity contribution is 0.0696. The largest absolute Gasteiger partial charge is 0.478 e. The quantitative estimate of drug-likeness (QED) is 0.858. The molecule has 1 unspecified atom stereocenters. The van der Waals surface area contributed by atoms with Crippen LogP contribution in [-0.4, -0.2) is 42.4 Å². The molecular formula is C11H13FN2O3. The minimum Gasteiger partial charge on any atom is -0.478 e. The standard InChI is InChI=1S/C11H13FN2O3/c1-17-8-2-3-14(6-8)10-9(11(15)16)4-7(12)5-13-10/h4-5,8H,2-3,6H2,1H3,(H,15,16). The summed E-state index contributed by atoms with van der Waals surface area (Å²) in [5, 5.41) is 9.01. The molecule has 0 saturated carbocycles. The van der Waals surface area contributed by atoms with Crippen LogP contribution in [0.25, 0.3) is 0 Å². The molecular weight excluding hydrogens is 227 g/mol. The molecule has 1 aliphatic rings. The summed E-state index contributed by atoms with van der Waals surface area (Å²) >= 11 is 0. The second-order valence-corrected chi connectivity index (χ2v) is 3.92. The van der Waals surface area contributed by atoms with Gasteiger partial charge >= 0.3 is 5.97 Å². The van der Waals surface area contributed by atoms with E-state index in [1.807, 2.05) is 0 Å². The summed E-state index contributed by atoms with van der Waals surface area (Å²) in [5.41, 5.74) is -0.109. The van der Waals surface area contributed by atoms with Gasteiger partial charge in [0, 0.05) is 20.2 Å². The lowest BCUT2D eigenvalue weighted by Crippen LogP contribution is -2.25. The van der Waals surface area contributed by atoms with Crippen molar-refractivity contribution in [3.8, 4) is 0 Å². The first kappa shape index (κ1) is 11.8. The lowest BCUT2D eigenvalue weighted by atomic mass is 10.2. The number of nitrogens with zero attached hydrogens (tertiary/aromatic N) is 2. The molecule has 1 aromatic rings. The fourth-order valence-corrected chi connectivity index (χ4v) is 1.95. The van der Waals surface area contributed by atoms with Crippen LogP contribution < -0.4 is 4.90 Å². The van der Waals surface area contributed by atoms with Gasteiger partial charge in [0.2, 0.25) is 0 Å². The van der Waals surface area contributed by atoms with E-state index in [9.17, 15) is 9.18 Å². The van der Waals surface area contributed by atoms with Gasteiger partial charge in [-0.1, -0.05) is 0 Å². The maximum Gasteiger partial charge on any atom is 0.339 e. The van der Waals surface area contributed by atoms with Crippen LogP contribution in [0.4, 0.5) is 10.2 Å². The van der Waals surface area contributed by atoms with Crippen molar-refractivity contribution < 1.29 is 19.0 Å². The van der Waals surface area contributed by atoms with E-state index in [4.69, 9.17) is 9.84 Å². The Morgan fingerprint density at radius 3 is 3.06 bits per heavy atom. The molecule has 6 heteroatoms. The smallest absolute Gasteiger partial charge is 0.339 e. The van der Waals surface area contributed by atoms with Crippen LogP contribution in [0.2, 0.25) is 0 Å². The highest BCUT2D eigenvalue weighted by atomic mass is 19.1. The van der Waals surface area contributed by atoms with Crippen molar-refractivity contribution in [1.29, 1.82) is 0 Å². The molecule has 1 saturated heterocycles. The Morgan fingerprint density at radius 2 is 2.47 bits per heavy atom. The van der Waals surface area contributed by atoms with E-state index in [2.05, 4.69) is 4.98 Å². The molecule has 0 aliphatic carbocycles. The third-order valence-electron chi connectivity index (χ3n) is 2.84. The average Bonchev–Trinajstić information content (AvgIpc) is 2.77. The fourth-order valence-electron chi connectivity index (χ4n) is 1.95. The number of pyridine rings is 1. The predicted octanol–water partition coefficient (Wildman–Crippen LogP) is 1.14. The highest BCUT2D eigenvalue weighted by Gasteiger charge is 2.26. The fraction of sp³-hybridized carbons (Fsp3) is 0.455. The molecule has 0 aromatic carbocycles. The van der Waals surface area contributed by atoms with Crippen LogP contribution in [-0.2, 0) is 4.74 Å². The number of carbonyl (C=O) groups is 1. The van der Waals surface area contributed by atoms with Gasteiger partial charge in [0.25, 0.3) is 0 Å². The van der Waals surface area contributed by atoms with Gasteiger partial charge in [0.05, 0.1) is 12.3 Å². The first-order valence-corrected chi connectivity index (χ1v) is 5.28. The molecule has 0 spiro atoms. The molecule has 2 heterocycles. The zero-order valence-electron chi connectivity index (χ0n) is 9.39. The molecule has 0 amide bonds. The van der Waals surface area contributed by atoms with Gasteiger partial charge in [-0.2, -0.15) is 0 Å². The van der Waals surface area contributed by atoms with Crippen LogP contribution in [0.15, 0.2) is 12.3 Å². The van der Waals surface area contributed by atoms with Crippen LogP contribution in [0.3, 0.4) is 0 Å². The molecule has 1 aromatic heterocycles. The van der Waals surface area contributed by atoms with Crippen LogP contribution in [0.5, 0.6) is 0 Å². The molecule has 1 aliphatic heterocycles. The number of aromatic carboxylic acids is 1. The molecule has 92 valence electrons. The summed E-state index contributed by atoms with van der Waals surface area (Å²) in [6.45, 7) is 1.24. The summed E-state index contributed by atoms with van der Waals surface area (Å²) in [5.74, 6) is -1.51. The van der Waals surface area contributed by atoms with Crippen LogP contribution >= 0.6 is 0 Å². The first-order valence-electron chi connectivity index (χ1n) is 5.28. The van der Waals surface area contributed by atoms with Crippen LogP contribution in [0, 0.1) is 5.82 Å². The number of rotatable bonds is 3. The predicted molar refractivity (Wildman–Crippen MR) is 58.8 cm³/mol. The first-order chi connectivity index (χ1) is 8.11. The van der Waals surface area contributed by atoms with Crippen molar-refractivity contribution in [2.45, 2.75) is 12.5 Å². The van der Waals surface area contributed by atoms with E-state index in [1.54, 1.807) is 12.0 Å². The number of methoxy groups -OCH3 is 1. The molecule has 1 atom stereocenters. The van der Waals surface area contributed by atoms with Crippen LogP contribution in [0.1, 0.15) is 16.8 Å². The lowest BCUT2D eigenvalue weighted by Gasteiger charge is -2.18. The number of anilines is 1. The molecule has 1 fully saturated rings. The monoisotopic (exact) mass is 240 g/mol. The Hall–Kier alpha value is -1.69. The number of halogens is 1. The van der Waals surface area contributed by atoms with Crippen molar-refractivity contribution in [2.24, 2.45) is 0 Å². The SMILES string of the molecule is COC1CCN(c2ncc(F)cc2C(=O)O)C1. The Morgan fingerprint density at radius 1 is 1.71 bits per heavy atom. The summed E-state index contributed by atoms with van der Waals surface area (Å²) in [6, 6.07) is 0.991. The molecule has 0 bridgehead atoms. The molecule has 5 nitrogen and oxygen atoms in total. The normalized spacial score (nSPS) is 19.6. The molecule has 2 rings (SSSR count). The van der Waals surface area contributed by atoms with Gasteiger partial charge in [0.1, 0.15) is 17.2 Å². The van der Waals surface area contributed by atoms with E-state index in [0.29, 0.717) is 18.9 Å². The number of carboxylic acid groups (broad SMARTS) is 1. The second-order valence-electron chi connectivity index (χ2n) is 3.92. The van der Waals surface area contributed by atoms with E-state index >= 15 is 0 Å². The Bertz CT molecular complexity index is 439. The number of aromatic nitrogens is 1. The van der Waals surface area contributed by atoms with E-state index in [0.717, 1.165) is 18.7 Å². The van der Waals surface area contributed by atoms with Crippen molar-refractivity contribution in [2.75, 3.05) is 25.1 Å². The Balaban J connectivity index is 2.29. The third kappa shape index (κ3) is 2.36. The summed E-state index contributed by atoms with van der Waals surface area (Å²) in [7, 11) is 1.62. The number of hydrogen-bond acceptors (Lipinski definition) is 4. The van der Waals surface area contributed by atoms with Gasteiger partial charge in [-0.25, -0.2) is 14.2 Å². The van der Waals surface area contributed by atoms with E-state index < -0.39 is 11.8 Å². The molecule has 1 N–H and O–H groups in total. The minimum absolute atomic E-state index is 0.0727. The summed E-state index contributed by atoms with van der Waals surface area (Å²) in [4.78, 5) is 16.7.